The van der Waals surface area contributed by atoms with E-state index in [1.807, 2.05) is 0 Å². The topological polar surface area (TPSA) is 0 Å². The number of benzene rings is 2. The summed E-state index contributed by atoms with van der Waals surface area (Å²) in [6.07, 6.45) is 26.3. The van der Waals surface area contributed by atoms with Crippen LogP contribution in [0.25, 0.3) is 0 Å². The normalized spacial score (nSPS) is 30.3. The Morgan fingerprint density at radius 3 is 1.16 bits per heavy atom. The summed E-state index contributed by atoms with van der Waals surface area (Å²) in [6, 6.07) is 18.7. The molecule has 3 saturated carbocycles. The standard InChI is InChI=1S/C38H56/c1-3-29-5-9-31(10-6-29)25-33-13-17-35(18-14-33)27-37-21-23-38(24-22-37)28-36-19-15-34(16-20-36)26-32-11-7-30(4-2)8-12-32/h5-6,9-10,13-14,17-18,30,32,34,36-38H,3-4,7-8,11-12,15-16,19-28H2,1-2H3. The van der Waals surface area contributed by atoms with Crippen LogP contribution in [-0.2, 0) is 19.3 Å². The average molecular weight is 513 g/mol. The molecule has 0 heteroatoms. The Bertz CT molecular complexity index is 913. The monoisotopic (exact) mass is 512 g/mol. The predicted octanol–water partition coefficient (Wildman–Crippen LogP) is 11.0. The summed E-state index contributed by atoms with van der Waals surface area (Å²) in [5.41, 5.74) is 5.86. The molecule has 0 amide bonds. The summed E-state index contributed by atoms with van der Waals surface area (Å²) in [7, 11) is 0. The van der Waals surface area contributed by atoms with Crippen molar-refractivity contribution in [2.24, 2.45) is 35.5 Å². The lowest BCUT2D eigenvalue weighted by Crippen LogP contribution is -2.23. The van der Waals surface area contributed by atoms with Gasteiger partial charge in [0.15, 0.2) is 0 Å². The van der Waals surface area contributed by atoms with Gasteiger partial charge in [0, 0.05) is 0 Å². The Kier molecular flexibility index (Phi) is 10.4. The largest absolute Gasteiger partial charge is 0.0651 e. The van der Waals surface area contributed by atoms with E-state index in [-0.39, 0.29) is 0 Å². The van der Waals surface area contributed by atoms with Gasteiger partial charge in [0.25, 0.3) is 0 Å². The smallest absolute Gasteiger partial charge is 0.00258 e. The van der Waals surface area contributed by atoms with Crippen molar-refractivity contribution in [2.75, 3.05) is 0 Å². The van der Waals surface area contributed by atoms with Gasteiger partial charge >= 0.3 is 0 Å². The zero-order valence-corrected chi connectivity index (χ0v) is 24.8. The summed E-state index contributed by atoms with van der Waals surface area (Å²) in [4.78, 5) is 0. The molecule has 3 aliphatic carbocycles. The third kappa shape index (κ3) is 8.22. The van der Waals surface area contributed by atoms with Crippen LogP contribution in [0.3, 0.4) is 0 Å². The zero-order valence-electron chi connectivity index (χ0n) is 24.8. The van der Waals surface area contributed by atoms with Crippen molar-refractivity contribution in [3.8, 4) is 0 Å². The Morgan fingerprint density at radius 2 is 0.763 bits per heavy atom. The van der Waals surface area contributed by atoms with Gasteiger partial charge in [0.1, 0.15) is 0 Å². The molecular weight excluding hydrogens is 456 g/mol. The molecule has 3 fully saturated rings. The van der Waals surface area contributed by atoms with E-state index in [9.17, 15) is 0 Å². The van der Waals surface area contributed by atoms with Crippen LogP contribution in [0.2, 0.25) is 0 Å². The fourth-order valence-corrected chi connectivity index (χ4v) is 8.45. The van der Waals surface area contributed by atoms with Crippen LogP contribution in [0, 0.1) is 35.5 Å². The van der Waals surface area contributed by atoms with Gasteiger partial charge in [-0.15, -0.1) is 0 Å². The highest BCUT2D eigenvalue weighted by molar-refractivity contribution is 5.30. The SMILES string of the molecule is CCc1ccc(Cc2ccc(CC3CCC(CC4CCC(CC5CCC(CC)CC5)CC4)CC3)cc2)cc1. The maximum absolute atomic E-state index is 2.41. The molecule has 2 aromatic rings. The molecule has 0 aliphatic heterocycles. The Hall–Kier alpha value is -1.56. The van der Waals surface area contributed by atoms with Gasteiger partial charge in [0.2, 0.25) is 0 Å². The summed E-state index contributed by atoms with van der Waals surface area (Å²) >= 11 is 0. The summed E-state index contributed by atoms with van der Waals surface area (Å²) in [5.74, 6) is 6.18. The van der Waals surface area contributed by atoms with Crippen LogP contribution in [0.1, 0.15) is 132 Å². The minimum absolute atomic E-state index is 0.914. The lowest BCUT2D eigenvalue weighted by Gasteiger charge is -2.36. The first kappa shape index (κ1) is 28.0. The van der Waals surface area contributed by atoms with Gasteiger partial charge in [-0.3, -0.25) is 0 Å². The fraction of sp³-hybridized carbons (Fsp3) is 0.684. The van der Waals surface area contributed by atoms with Crippen molar-refractivity contribution in [2.45, 2.75) is 129 Å². The van der Waals surface area contributed by atoms with Gasteiger partial charge in [-0.05, 0) is 103 Å². The van der Waals surface area contributed by atoms with E-state index in [4.69, 9.17) is 0 Å². The van der Waals surface area contributed by atoms with E-state index in [0.717, 1.165) is 48.3 Å². The number of hydrogen-bond acceptors (Lipinski definition) is 0. The van der Waals surface area contributed by atoms with Crippen molar-refractivity contribution in [1.29, 1.82) is 0 Å². The molecule has 0 N–H and O–H groups in total. The van der Waals surface area contributed by atoms with Crippen LogP contribution < -0.4 is 0 Å². The molecule has 0 heterocycles. The molecule has 0 saturated heterocycles. The molecule has 0 unspecified atom stereocenters. The average Bonchev–Trinajstić information content (AvgIpc) is 2.97. The van der Waals surface area contributed by atoms with Crippen LogP contribution >= 0.6 is 0 Å². The Balaban J connectivity index is 0.971. The van der Waals surface area contributed by atoms with Crippen molar-refractivity contribution in [3.63, 3.8) is 0 Å². The van der Waals surface area contributed by atoms with Crippen LogP contribution in [0.15, 0.2) is 48.5 Å². The number of rotatable bonds is 10. The van der Waals surface area contributed by atoms with Crippen molar-refractivity contribution in [1.82, 2.24) is 0 Å². The van der Waals surface area contributed by atoms with E-state index in [0.29, 0.717) is 0 Å². The summed E-state index contributed by atoms with van der Waals surface area (Å²) in [5, 5.41) is 0. The highest BCUT2D eigenvalue weighted by Gasteiger charge is 2.29. The first-order chi connectivity index (χ1) is 18.7. The second kappa shape index (κ2) is 14.2. The van der Waals surface area contributed by atoms with Crippen molar-refractivity contribution < 1.29 is 0 Å². The Labute approximate surface area is 235 Å². The zero-order chi connectivity index (χ0) is 26.2. The van der Waals surface area contributed by atoms with Gasteiger partial charge in [-0.25, -0.2) is 0 Å². The van der Waals surface area contributed by atoms with Gasteiger partial charge in [0.05, 0.1) is 0 Å². The number of aryl methyl sites for hydroxylation is 1. The second-order valence-electron chi connectivity index (χ2n) is 13.9. The van der Waals surface area contributed by atoms with Crippen molar-refractivity contribution in [3.05, 3.63) is 70.8 Å². The molecule has 0 radical (unpaired) electrons. The first-order valence-electron chi connectivity index (χ1n) is 16.8. The van der Waals surface area contributed by atoms with E-state index >= 15 is 0 Å². The highest BCUT2D eigenvalue weighted by atomic mass is 14.3. The third-order valence-electron chi connectivity index (χ3n) is 11.2. The van der Waals surface area contributed by atoms with Gasteiger partial charge in [-0.2, -0.15) is 0 Å². The second-order valence-corrected chi connectivity index (χ2v) is 13.9. The van der Waals surface area contributed by atoms with Gasteiger partial charge in [-0.1, -0.05) is 133 Å². The highest BCUT2D eigenvalue weighted by Crippen LogP contribution is 2.42. The Morgan fingerprint density at radius 1 is 0.421 bits per heavy atom. The van der Waals surface area contributed by atoms with Crippen molar-refractivity contribution >= 4 is 0 Å². The van der Waals surface area contributed by atoms with Crippen LogP contribution in [0.5, 0.6) is 0 Å². The molecule has 3 aliphatic rings. The number of hydrogen-bond donors (Lipinski definition) is 0. The molecular formula is C38H56. The molecule has 0 aromatic heterocycles. The predicted molar refractivity (Wildman–Crippen MR) is 165 cm³/mol. The summed E-state index contributed by atoms with van der Waals surface area (Å²) < 4.78 is 0. The van der Waals surface area contributed by atoms with Crippen LogP contribution in [0.4, 0.5) is 0 Å². The molecule has 2 aromatic carbocycles. The maximum atomic E-state index is 2.41. The van der Waals surface area contributed by atoms with E-state index in [1.165, 1.54) is 68.1 Å². The maximum Gasteiger partial charge on any atom is -0.00258 e. The lowest BCUT2D eigenvalue weighted by molar-refractivity contribution is 0.163. The third-order valence-corrected chi connectivity index (χ3v) is 11.2. The minimum atomic E-state index is 0.914. The minimum Gasteiger partial charge on any atom is -0.0651 e. The molecule has 0 bridgehead atoms. The lowest BCUT2D eigenvalue weighted by atomic mass is 9.70. The van der Waals surface area contributed by atoms with Gasteiger partial charge < -0.3 is 0 Å². The molecule has 0 spiro atoms. The quantitative estimate of drug-likeness (QED) is 0.297. The van der Waals surface area contributed by atoms with E-state index in [2.05, 4.69) is 62.4 Å². The van der Waals surface area contributed by atoms with E-state index < -0.39 is 0 Å². The molecule has 0 atom stereocenters. The molecule has 38 heavy (non-hydrogen) atoms. The van der Waals surface area contributed by atoms with E-state index in [1.54, 1.807) is 56.9 Å². The van der Waals surface area contributed by atoms with Crippen LogP contribution in [-0.4, -0.2) is 0 Å². The summed E-state index contributed by atoms with van der Waals surface area (Å²) in [6.45, 7) is 4.62. The fourth-order valence-electron chi connectivity index (χ4n) is 8.45. The molecule has 208 valence electrons. The molecule has 5 rings (SSSR count). The molecule has 0 nitrogen and oxygen atoms in total. The first-order valence-corrected chi connectivity index (χ1v) is 16.8.